The van der Waals surface area contributed by atoms with E-state index in [1.807, 2.05) is 24.3 Å². The lowest BCUT2D eigenvalue weighted by Gasteiger charge is -2.40. The van der Waals surface area contributed by atoms with Gasteiger partial charge in [-0.1, -0.05) is 55.7 Å². The van der Waals surface area contributed by atoms with Crippen molar-refractivity contribution in [3.05, 3.63) is 59.7 Å². The zero-order valence-corrected chi connectivity index (χ0v) is 15.2. The average molecular weight is 356 g/mol. The molecule has 0 amide bonds. The Hall–Kier alpha value is -2.04. The Kier molecular flexibility index (Phi) is 6.53. The van der Waals surface area contributed by atoms with Gasteiger partial charge in [0, 0.05) is 16.5 Å². The van der Waals surface area contributed by atoms with Gasteiger partial charge in [0.15, 0.2) is 0 Å². The molecule has 1 aliphatic rings. The van der Waals surface area contributed by atoms with Crippen molar-refractivity contribution in [1.29, 1.82) is 0 Å². The lowest BCUT2D eigenvalue weighted by molar-refractivity contribution is 0.192. The van der Waals surface area contributed by atoms with Crippen molar-refractivity contribution in [2.24, 2.45) is 0 Å². The number of benzene rings is 2. The first-order chi connectivity index (χ1) is 12.8. The van der Waals surface area contributed by atoms with Crippen molar-refractivity contribution in [2.45, 2.75) is 37.5 Å². The first-order valence-corrected chi connectivity index (χ1v) is 9.48. The van der Waals surface area contributed by atoms with Gasteiger partial charge in [0.05, 0.1) is 13.2 Å². The predicted octanol–water partition coefficient (Wildman–Crippen LogP) is 3.68. The maximum Gasteiger partial charge on any atom is 0.123 e. The molecular formula is C22H28O4. The Balaban J connectivity index is 2.09. The summed E-state index contributed by atoms with van der Waals surface area (Å²) in [6.07, 6.45) is 5.62. The van der Waals surface area contributed by atoms with Gasteiger partial charge in [-0.2, -0.15) is 0 Å². The predicted molar refractivity (Wildman–Crippen MR) is 102 cm³/mol. The fraction of sp³-hybridized carbons (Fsp3) is 0.455. The van der Waals surface area contributed by atoms with E-state index in [-0.39, 0.29) is 31.8 Å². The van der Waals surface area contributed by atoms with Crippen molar-refractivity contribution in [3.63, 3.8) is 0 Å². The molecule has 2 aromatic carbocycles. The van der Waals surface area contributed by atoms with Gasteiger partial charge in [0.25, 0.3) is 0 Å². The Morgan fingerprint density at radius 3 is 1.62 bits per heavy atom. The molecule has 1 aliphatic carbocycles. The van der Waals surface area contributed by atoms with Crippen LogP contribution < -0.4 is 9.47 Å². The standard InChI is InChI=1S/C22H28O4/c23-14-16-25-20-10-4-2-8-18(20)22(12-6-1-7-13-22)19-9-3-5-11-21(19)26-17-15-24/h2-5,8-11,23-24H,1,6-7,12-17H2. The molecular weight excluding hydrogens is 328 g/mol. The zero-order valence-electron chi connectivity index (χ0n) is 15.2. The molecule has 0 atom stereocenters. The van der Waals surface area contributed by atoms with E-state index < -0.39 is 0 Å². The molecule has 0 aliphatic heterocycles. The highest BCUT2D eigenvalue weighted by molar-refractivity contribution is 5.52. The molecule has 0 bridgehead atoms. The van der Waals surface area contributed by atoms with Crippen molar-refractivity contribution >= 4 is 0 Å². The Morgan fingerprint density at radius 1 is 0.692 bits per heavy atom. The highest BCUT2D eigenvalue weighted by atomic mass is 16.5. The molecule has 2 N–H and O–H groups in total. The zero-order chi connectivity index (χ0) is 18.2. The number of hydrogen-bond donors (Lipinski definition) is 2. The van der Waals surface area contributed by atoms with Gasteiger partial charge in [0.1, 0.15) is 24.7 Å². The fourth-order valence-corrected chi connectivity index (χ4v) is 4.13. The topological polar surface area (TPSA) is 58.9 Å². The van der Waals surface area contributed by atoms with Crippen LogP contribution in [-0.2, 0) is 5.41 Å². The highest BCUT2D eigenvalue weighted by Gasteiger charge is 2.39. The molecule has 26 heavy (non-hydrogen) atoms. The molecule has 4 heteroatoms. The van der Waals surface area contributed by atoms with Gasteiger partial charge >= 0.3 is 0 Å². The van der Waals surface area contributed by atoms with Crippen LogP contribution in [0.15, 0.2) is 48.5 Å². The van der Waals surface area contributed by atoms with E-state index in [4.69, 9.17) is 9.47 Å². The molecule has 140 valence electrons. The summed E-state index contributed by atoms with van der Waals surface area (Å²) in [5.41, 5.74) is 2.15. The third kappa shape index (κ3) is 3.87. The first-order valence-electron chi connectivity index (χ1n) is 9.48. The fourth-order valence-electron chi connectivity index (χ4n) is 4.13. The van der Waals surface area contributed by atoms with Gasteiger partial charge in [-0.05, 0) is 25.0 Å². The SMILES string of the molecule is OCCOc1ccccc1C1(c2ccccc2OCCO)CCCCC1. The molecule has 0 radical (unpaired) electrons. The van der Waals surface area contributed by atoms with Crippen molar-refractivity contribution in [1.82, 2.24) is 0 Å². The summed E-state index contributed by atoms with van der Waals surface area (Å²) >= 11 is 0. The monoisotopic (exact) mass is 356 g/mol. The van der Waals surface area contributed by atoms with Gasteiger partial charge in [-0.15, -0.1) is 0 Å². The molecule has 0 spiro atoms. The van der Waals surface area contributed by atoms with E-state index >= 15 is 0 Å². The van der Waals surface area contributed by atoms with Crippen LogP contribution >= 0.6 is 0 Å². The van der Waals surface area contributed by atoms with E-state index in [0.717, 1.165) is 48.3 Å². The number of ether oxygens (including phenoxy) is 2. The van der Waals surface area contributed by atoms with Gasteiger partial charge in [-0.25, -0.2) is 0 Å². The van der Waals surface area contributed by atoms with E-state index in [1.165, 1.54) is 6.42 Å². The van der Waals surface area contributed by atoms with Crippen LogP contribution in [0.25, 0.3) is 0 Å². The number of aliphatic hydroxyl groups excluding tert-OH is 2. The van der Waals surface area contributed by atoms with E-state index in [9.17, 15) is 10.2 Å². The molecule has 0 aromatic heterocycles. The van der Waals surface area contributed by atoms with Crippen LogP contribution in [0.3, 0.4) is 0 Å². The molecule has 1 saturated carbocycles. The maximum atomic E-state index is 9.18. The van der Waals surface area contributed by atoms with Gasteiger partial charge < -0.3 is 19.7 Å². The Morgan fingerprint density at radius 2 is 1.15 bits per heavy atom. The summed E-state index contributed by atoms with van der Waals surface area (Å²) in [6.45, 7) is 0.570. The smallest absolute Gasteiger partial charge is 0.123 e. The minimum atomic E-state index is -0.170. The molecule has 1 fully saturated rings. The van der Waals surface area contributed by atoms with Crippen LogP contribution in [-0.4, -0.2) is 36.6 Å². The Bertz CT molecular complexity index is 639. The molecule has 0 unspecified atom stereocenters. The van der Waals surface area contributed by atoms with Crippen molar-refractivity contribution < 1.29 is 19.7 Å². The normalized spacial score (nSPS) is 16.2. The maximum absolute atomic E-state index is 9.18. The van der Waals surface area contributed by atoms with Crippen LogP contribution in [0.2, 0.25) is 0 Å². The van der Waals surface area contributed by atoms with Gasteiger partial charge in [0.2, 0.25) is 0 Å². The van der Waals surface area contributed by atoms with Crippen LogP contribution in [0, 0.1) is 0 Å². The highest BCUT2D eigenvalue weighted by Crippen LogP contribution is 2.50. The van der Waals surface area contributed by atoms with Crippen LogP contribution in [0.4, 0.5) is 0 Å². The molecule has 4 nitrogen and oxygen atoms in total. The van der Waals surface area contributed by atoms with E-state index in [1.54, 1.807) is 0 Å². The molecule has 0 saturated heterocycles. The van der Waals surface area contributed by atoms with E-state index in [2.05, 4.69) is 24.3 Å². The second-order valence-corrected chi connectivity index (χ2v) is 6.78. The summed E-state index contributed by atoms with van der Waals surface area (Å²) in [7, 11) is 0. The van der Waals surface area contributed by atoms with E-state index in [0.29, 0.717) is 0 Å². The second kappa shape index (κ2) is 9.06. The lowest BCUT2D eigenvalue weighted by Crippen LogP contribution is -2.32. The number of para-hydroxylation sites is 2. The average Bonchev–Trinajstić information content (AvgIpc) is 2.71. The Labute approximate surface area is 155 Å². The minimum absolute atomic E-state index is 0.00245. The second-order valence-electron chi connectivity index (χ2n) is 6.78. The van der Waals surface area contributed by atoms with Crippen molar-refractivity contribution in [3.8, 4) is 11.5 Å². The summed E-state index contributed by atoms with van der Waals surface area (Å²) in [5.74, 6) is 1.67. The number of aliphatic hydroxyl groups is 2. The third-order valence-electron chi connectivity index (χ3n) is 5.21. The quantitative estimate of drug-likeness (QED) is 0.757. The van der Waals surface area contributed by atoms with Gasteiger partial charge in [-0.3, -0.25) is 0 Å². The number of rotatable bonds is 8. The summed E-state index contributed by atoms with van der Waals surface area (Å²) in [4.78, 5) is 0. The molecule has 3 rings (SSSR count). The third-order valence-corrected chi connectivity index (χ3v) is 5.21. The molecule has 2 aromatic rings. The minimum Gasteiger partial charge on any atom is -0.491 e. The number of hydrogen-bond acceptors (Lipinski definition) is 4. The van der Waals surface area contributed by atoms with Crippen LogP contribution in [0.1, 0.15) is 43.2 Å². The summed E-state index contributed by atoms with van der Waals surface area (Å²) in [5, 5.41) is 18.4. The summed E-state index contributed by atoms with van der Waals surface area (Å²) in [6, 6.07) is 16.3. The lowest BCUT2D eigenvalue weighted by atomic mass is 9.65. The first kappa shape index (κ1) is 18.7. The van der Waals surface area contributed by atoms with Crippen LogP contribution in [0.5, 0.6) is 11.5 Å². The molecule has 0 heterocycles. The van der Waals surface area contributed by atoms with Crippen molar-refractivity contribution in [2.75, 3.05) is 26.4 Å². The summed E-state index contributed by atoms with van der Waals surface area (Å²) < 4.78 is 11.8. The largest absolute Gasteiger partial charge is 0.491 e.